The van der Waals surface area contributed by atoms with Crippen LogP contribution in [0.15, 0.2) is 64.5 Å². The van der Waals surface area contributed by atoms with Crippen molar-refractivity contribution < 1.29 is 13.2 Å². The molecule has 0 saturated heterocycles. The van der Waals surface area contributed by atoms with Gasteiger partial charge in [0, 0.05) is 20.1 Å². The van der Waals surface area contributed by atoms with Gasteiger partial charge in [-0.25, -0.2) is 8.42 Å². The van der Waals surface area contributed by atoms with Crippen molar-refractivity contribution in [1.82, 2.24) is 10.6 Å². The lowest BCUT2D eigenvalue weighted by Gasteiger charge is -2.12. The van der Waals surface area contributed by atoms with E-state index in [1.165, 1.54) is 5.56 Å². The third-order valence-electron chi connectivity index (χ3n) is 4.07. The Kier molecular flexibility index (Phi) is 8.13. The molecular weight excluding hydrogens is 362 g/mol. The Morgan fingerprint density at radius 1 is 1.00 bits per heavy atom. The van der Waals surface area contributed by atoms with Crippen molar-refractivity contribution in [2.75, 3.05) is 33.0 Å². The number of ether oxygens (including phenoxy) is 1. The van der Waals surface area contributed by atoms with Crippen molar-refractivity contribution in [2.24, 2.45) is 4.99 Å². The molecule has 27 heavy (non-hydrogen) atoms. The fourth-order valence-corrected chi connectivity index (χ4v) is 3.88. The van der Waals surface area contributed by atoms with E-state index >= 15 is 0 Å². The number of hydrogen-bond donors (Lipinski definition) is 2. The van der Waals surface area contributed by atoms with Crippen LogP contribution in [0.4, 0.5) is 0 Å². The topological polar surface area (TPSA) is 79.8 Å². The molecule has 0 radical (unpaired) electrons. The summed E-state index contributed by atoms with van der Waals surface area (Å²) in [6.07, 6.45) is 1.36. The molecule has 0 aromatic heterocycles. The minimum atomic E-state index is -3.23. The highest BCUT2D eigenvalue weighted by Gasteiger charge is 2.13. The molecule has 7 heteroatoms. The number of nitrogens with zero attached hydrogens (tertiary/aromatic N) is 1. The second-order valence-corrected chi connectivity index (χ2v) is 8.12. The lowest BCUT2D eigenvalue weighted by atomic mass is 10.1. The van der Waals surface area contributed by atoms with E-state index in [1.807, 2.05) is 30.3 Å². The summed E-state index contributed by atoms with van der Waals surface area (Å²) >= 11 is 0. The summed E-state index contributed by atoms with van der Waals surface area (Å²) in [5.74, 6) is 1.61. The predicted molar refractivity (Wildman–Crippen MR) is 109 cm³/mol. The van der Waals surface area contributed by atoms with Gasteiger partial charge in [0.1, 0.15) is 5.75 Å². The first kappa shape index (κ1) is 20.8. The molecule has 0 aliphatic rings. The highest BCUT2D eigenvalue weighted by atomic mass is 32.2. The van der Waals surface area contributed by atoms with Gasteiger partial charge in [0.25, 0.3) is 0 Å². The second-order valence-electron chi connectivity index (χ2n) is 6.01. The first-order valence-electron chi connectivity index (χ1n) is 8.90. The van der Waals surface area contributed by atoms with Gasteiger partial charge in [-0.05, 0) is 42.7 Å². The van der Waals surface area contributed by atoms with Crippen molar-refractivity contribution >= 4 is 15.8 Å². The molecule has 6 nitrogen and oxygen atoms in total. The van der Waals surface area contributed by atoms with Crippen LogP contribution in [0, 0.1) is 0 Å². The molecular formula is C20H27N3O3S. The molecule has 2 rings (SSSR count). The van der Waals surface area contributed by atoms with Crippen LogP contribution in [0.25, 0.3) is 0 Å². The quantitative estimate of drug-likeness (QED) is 0.391. The Labute approximate surface area is 161 Å². The number of guanidine groups is 1. The Bertz CT molecular complexity index is 819. The first-order chi connectivity index (χ1) is 13.0. The lowest BCUT2D eigenvalue weighted by molar-refractivity contribution is 0.414. The van der Waals surface area contributed by atoms with Gasteiger partial charge in [-0.2, -0.15) is 0 Å². The van der Waals surface area contributed by atoms with Gasteiger partial charge in [0.2, 0.25) is 0 Å². The average Bonchev–Trinajstić information content (AvgIpc) is 2.71. The minimum Gasteiger partial charge on any atom is -0.497 e. The number of aliphatic imine (C=N–C) groups is 1. The van der Waals surface area contributed by atoms with Crippen LogP contribution in [0.5, 0.6) is 5.75 Å². The van der Waals surface area contributed by atoms with E-state index in [9.17, 15) is 8.42 Å². The zero-order valence-corrected chi connectivity index (χ0v) is 16.6. The molecule has 146 valence electrons. The highest BCUT2D eigenvalue weighted by molar-refractivity contribution is 7.91. The third kappa shape index (κ3) is 6.94. The van der Waals surface area contributed by atoms with Gasteiger partial charge in [-0.3, -0.25) is 4.99 Å². The molecule has 0 atom stereocenters. The summed E-state index contributed by atoms with van der Waals surface area (Å²) in [4.78, 5) is 4.53. The maximum atomic E-state index is 12.2. The maximum absolute atomic E-state index is 12.2. The number of sulfone groups is 1. The molecule has 0 bridgehead atoms. The van der Waals surface area contributed by atoms with Crippen LogP contribution < -0.4 is 15.4 Å². The van der Waals surface area contributed by atoms with Crippen LogP contribution in [-0.2, 0) is 16.3 Å². The molecule has 2 aromatic rings. The zero-order valence-electron chi connectivity index (χ0n) is 15.8. The number of methoxy groups -OCH3 is 1. The molecule has 0 saturated carbocycles. The standard InChI is InChI=1S/C20H27N3O3S/c1-21-20(23-15-13-17-9-11-18(26-2)12-10-17)22-14-6-16-27(24,25)19-7-4-3-5-8-19/h3-5,7-12H,6,13-16H2,1-2H3,(H2,21,22,23). The molecule has 0 spiro atoms. The normalized spacial score (nSPS) is 11.9. The Balaban J connectivity index is 1.69. The van der Waals surface area contributed by atoms with Gasteiger partial charge in [0.05, 0.1) is 17.8 Å². The SMILES string of the molecule is CN=C(NCCCS(=O)(=O)c1ccccc1)NCCc1ccc(OC)cc1. The molecule has 0 aliphatic heterocycles. The Morgan fingerprint density at radius 2 is 1.67 bits per heavy atom. The Hall–Kier alpha value is -2.54. The second kappa shape index (κ2) is 10.6. The summed E-state index contributed by atoms with van der Waals surface area (Å²) in [5, 5.41) is 6.39. The van der Waals surface area contributed by atoms with Crippen molar-refractivity contribution in [3.8, 4) is 5.75 Å². The molecule has 0 amide bonds. The minimum absolute atomic E-state index is 0.104. The summed E-state index contributed by atoms with van der Waals surface area (Å²) in [6, 6.07) is 16.5. The molecule has 0 aliphatic carbocycles. The largest absolute Gasteiger partial charge is 0.497 e. The van der Waals surface area contributed by atoms with E-state index in [1.54, 1.807) is 38.4 Å². The predicted octanol–water partition coefficient (Wildman–Crippen LogP) is 2.27. The number of hydrogen-bond acceptors (Lipinski definition) is 4. The van der Waals surface area contributed by atoms with E-state index in [0.29, 0.717) is 23.8 Å². The molecule has 2 aromatic carbocycles. The van der Waals surface area contributed by atoms with E-state index in [4.69, 9.17) is 4.74 Å². The fourth-order valence-electron chi connectivity index (χ4n) is 2.55. The monoisotopic (exact) mass is 389 g/mol. The molecule has 0 unspecified atom stereocenters. The smallest absolute Gasteiger partial charge is 0.190 e. The van der Waals surface area contributed by atoms with Crippen molar-refractivity contribution in [3.63, 3.8) is 0 Å². The summed E-state index contributed by atoms with van der Waals surface area (Å²) in [5.41, 5.74) is 1.20. The highest BCUT2D eigenvalue weighted by Crippen LogP contribution is 2.11. The van der Waals surface area contributed by atoms with Crippen LogP contribution in [0.3, 0.4) is 0 Å². The van der Waals surface area contributed by atoms with E-state index in [2.05, 4.69) is 15.6 Å². The van der Waals surface area contributed by atoms with Gasteiger partial charge in [0.15, 0.2) is 15.8 Å². The first-order valence-corrected chi connectivity index (χ1v) is 10.6. The van der Waals surface area contributed by atoms with Gasteiger partial charge >= 0.3 is 0 Å². The number of benzene rings is 2. The van der Waals surface area contributed by atoms with Crippen molar-refractivity contribution in [3.05, 3.63) is 60.2 Å². The van der Waals surface area contributed by atoms with Gasteiger partial charge in [-0.15, -0.1) is 0 Å². The van der Waals surface area contributed by atoms with Crippen LogP contribution in [-0.4, -0.2) is 47.4 Å². The average molecular weight is 390 g/mol. The summed E-state index contributed by atoms with van der Waals surface area (Å²) in [6.45, 7) is 1.27. The lowest BCUT2D eigenvalue weighted by Crippen LogP contribution is -2.39. The van der Waals surface area contributed by atoms with Gasteiger partial charge in [-0.1, -0.05) is 30.3 Å². The number of rotatable bonds is 9. The van der Waals surface area contributed by atoms with Crippen LogP contribution in [0.1, 0.15) is 12.0 Å². The summed E-state index contributed by atoms with van der Waals surface area (Å²) < 4.78 is 29.6. The van der Waals surface area contributed by atoms with Crippen LogP contribution in [0.2, 0.25) is 0 Å². The van der Waals surface area contributed by atoms with E-state index in [0.717, 1.165) is 18.7 Å². The zero-order chi connectivity index (χ0) is 19.5. The Morgan fingerprint density at radius 3 is 2.30 bits per heavy atom. The molecule has 0 fully saturated rings. The maximum Gasteiger partial charge on any atom is 0.190 e. The van der Waals surface area contributed by atoms with Crippen LogP contribution >= 0.6 is 0 Å². The van der Waals surface area contributed by atoms with E-state index in [-0.39, 0.29) is 5.75 Å². The van der Waals surface area contributed by atoms with Gasteiger partial charge < -0.3 is 15.4 Å². The van der Waals surface area contributed by atoms with Crippen molar-refractivity contribution in [2.45, 2.75) is 17.7 Å². The van der Waals surface area contributed by atoms with E-state index < -0.39 is 9.84 Å². The summed E-state index contributed by atoms with van der Waals surface area (Å²) in [7, 11) is 0.114. The molecule has 0 heterocycles. The van der Waals surface area contributed by atoms with Crippen molar-refractivity contribution in [1.29, 1.82) is 0 Å². The third-order valence-corrected chi connectivity index (χ3v) is 5.89. The fraction of sp³-hybridized carbons (Fsp3) is 0.350. The number of nitrogens with one attached hydrogen (secondary N) is 2. The molecule has 2 N–H and O–H groups in total.